The molecule has 0 aromatic rings. The van der Waals surface area contributed by atoms with E-state index in [0.29, 0.717) is 79.3 Å². The Morgan fingerprint density at radius 3 is 0.730 bits per heavy atom. The summed E-state index contributed by atoms with van der Waals surface area (Å²) in [6, 6.07) is 0. The van der Waals surface area contributed by atoms with Crippen molar-refractivity contribution in [1.82, 2.24) is 0 Å². The molecule has 0 heterocycles. The van der Waals surface area contributed by atoms with E-state index in [9.17, 15) is 0 Å². The second kappa shape index (κ2) is 30.2. The van der Waals surface area contributed by atoms with Gasteiger partial charge >= 0.3 is 0 Å². The maximum absolute atomic E-state index is 6.05. The highest BCUT2D eigenvalue weighted by atomic mass is 16.6. The topological polar surface area (TPSA) is 73.8 Å². The molecule has 8 heteroatoms. The lowest BCUT2D eigenvalue weighted by Crippen LogP contribution is -2.42. The van der Waals surface area contributed by atoms with Crippen molar-refractivity contribution in [3.8, 4) is 0 Å². The van der Waals surface area contributed by atoms with Crippen LogP contribution < -0.4 is 0 Å². The Hall–Kier alpha value is -0.320. The van der Waals surface area contributed by atoms with Gasteiger partial charge in [0.05, 0.1) is 84.7 Å². The van der Waals surface area contributed by atoms with Gasteiger partial charge in [0.15, 0.2) is 0 Å². The summed E-state index contributed by atoms with van der Waals surface area (Å²) in [5.41, 5.74) is -0.431. The third-order valence-electron chi connectivity index (χ3n) is 5.69. The minimum atomic E-state index is -0.431. The van der Waals surface area contributed by atoms with Gasteiger partial charge in [-0.05, 0) is 25.7 Å². The quantitative estimate of drug-likeness (QED) is 0.107. The summed E-state index contributed by atoms with van der Waals surface area (Å²) in [6.45, 7) is 18.1. The lowest BCUT2D eigenvalue weighted by atomic mass is 9.92. The van der Waals surface area contributed by atoms with Crippen LogP contribution in [0.25, 0.3) is 0 Å². The predicted octanol–water partition coefficient (Wildman–Crippen LogP) is 5.31. The molecular weight excluding hydrogens is 476 g/mol. The first-order chi connectivity index (χ1) is 18.2. The van der Waals surface area contributed by atoms with Gasteiger partial charge in [0.25, 0.3) is 0 Å². The van der Waals surface area contributed by atoms with E-state index in [1.165, 1.54) is 0 Å². The molecule has 0 radical (unpaired) electrons. The molecule has 0 spiro atoms. The highest BCUT2D eigenvalue weighted by Crippen LogP contribution is 2.21. The first kappa shape index (κ1) is 36.7. The molecule has 0 atom stereocenters. The van der Waals surface area contributed by atoms with E-state index < -0.39 is 5.41 Å². The SMILES string of the molecule is CCCCOCCOCC(COCCOCCCC)(COCCOCCCC)COCCOCCCC. The molecule has 224 valence electrons. The third-order valence-corrected chi connectivity index (χ3v) is 5.69. The van der Waals surface area contributed by atoms with Crippen molar-refractivity contribution < 1.29 is 37.9 Å². The van der Waals surface area contributed by atoms with Crippen LogP contribution in [0.5, 0.6) is 0 Å². The molecule has 0 saturated carbocycles. The highest BCUT2D eigenvalue weighted by Gasteiger charge is 2.32. The average molecular weight is 537 g/mol. The monoisotopic (exact) mass is 536 g/mol. The summed E-state index contributed by atoms with van der Waals surface area (Å²) in [5, 5.41) is 0. The molecule has 0 aromatic carbocycles. The lowest BCUT2D eigenvalue weighted by Gasteiger charge is -2.33. The molecule has 8 nitrogen and oxygen atoms in total. The summed E-state index contributed by atoms with van der Waals surface area (Å²) >= 11 is 0. The Bertz CT molecular complexity index is 347. The van der Waals surface area contributed by atoms with Crippen LogP contribution in [0.15, 0.2) is 0 Å². The van der Waals surface area contributed by atoms with E-state index in [4.69, 9.17) is 37.9 Å². The average Bonchev–Trinajstić information content (AvgIpc) is 2.91. The first-order valence-corrected chi connectivity index (χ1v) is 14.9. The molecule has 0 aliphatic heterocycles. The van der Waals surface area contributed by atoms with Crippen LogP contribution in [0.3, 0.4) is 0 Å². The van der Waals surface area contributed by atoms with E-state index >= 15 is 0 Å². The van der Waals surface area contributed by atoms with Gasteiger partial charge in [-0.2, -0.15) is 0 Å². The normalized spacial score (nSPS) is 12.0. The van der Waals surface area contributed by atoms with Crippen molar-refractivity contribution >= 4 is 0 Å². The molecule has 0 aliphatic rings. The second-order valence-electron chi connectivity index (χ2n) is 9.57. The summed E-state index contributed by atoms with van der Waals surface area (Å²) < 4.78 is 46.8. The van der Waals surface area contributed by atoms with Gasteiger partial charge in [-0.1, -0.05) is 53.4 Å². The molecule has 0 bridgehead atoms. The molecule has 0 rings (SSSR count). The Labute approximate surface area is 228 Å². The van der Waals surface area contributed by atoms with Gasteiger partial charge in [0, 0.05) is 26.4 Å². The van der Waals surface area contributed by atoms with E-state index in [1.54, 1.807) is 0 Å². The Balaban J connectivity index is 4.78. The van der Waals surface area contributed by atoms with Crippen molar-refractivity contribution in [2.75, 3.05) is 106 Å². The maximum Gasteiger partial charge on any atom is 0.0700 e. The maximum atomic E-state index is 6.05. The number of ether oxygens (including phenoxy) is 8. The van der Waals surface area contributed by atoms with Crippen LogP contribution in [0.2, 0.25) is 0 Å². The van der Waals surface area contributed by atoms with Gasteiger partial charge in [-0.3, -0.25) is 0 Å². The molecule has 0 N–H and O–H groups in total. The van der Waals surface area contributed by atoms with Crippen LogP contribution in [0.1, 0.15) is 79.1 Å². The zero-order valence-corrected chi connectivity index (χ0v) is 24.7. The Kier molecular flexibility index (Phi) is 30.0. The number of hydrogen-bond acceptors (Lipinski definition) is 8. The van der Waals surface area contributed by atoms with Crippen molar-refractivity contribution in [2.24, 2.45) is 5.41 Å². The van der Waals surface area contributed by atoms with Gasteiger partial charge in [-0.25, -0.2) is 0 Å². The fourth-order valence-electron chi connectivity index (χ4n) is 3.27. The van der Waals surface area contributed by atoms with E-state index in [1.807, 2.05) is 0 Å². The lowest BCUT2D eigenvalue weighted by molar-refractivity contribution is -0.121. The number of unbranched alkanes of at least 4 members (excludes halogenated alkanes) is 4. The van der Waals surface area contributed by atoms with Gasteiger partial charge in [0.1, 0.15) is 0 Å². The molecule has 0 amide bonds. The van der Waals surface area contributed by atoms with Crippen molar-refractivity contribution in [1.29, 1.82) is 0 Å². The fourth-order valence-corrected chi connectivity index (χ4v) is 3.27. The van der Waals surface area contributed by atoms with Gasteiger partial charge in [0.2, 0.25) is 0 Å². The second-order valence-corrected chi connectivity index (χ2v) is 9.57. The third kappa shape index (κ3) is 25.7. The minimum absolute atomic E-state index is 0.431. The first-order valence-electron chi connectivity index (χ1n) is 14.9. The largest absolute Gasteiger partial charge is 0.379 e. The molecule has 37 heavy (non-hydrogen) atoms. The van der Waals surface area contributed by atoms with Crippen molar-refractivity contribution in [3.05, 3.63) is 0 Å². The molecule has 0 saturated heterocycles. The predicted molar refractivity (Wildman–Crippen MR) is 149 cm³/mol. The van der Waals surface area contributed by atoms with Crippen molar-refractivity contribution in [3.63, 3.8) is 0 Å². The summed E-state index contributed by atoms with van der Waals surface area (Å²) in [5.74, 6) is 0. The smallest absolute Gasteiger partial charge is 0.0700 e. The van der Waals surface area contributed by atoms with Crippen LogP contribution in [0.4, 0.5) is 0 Å². The van der Waals surface area contributed by atoms with Gasteiger partial charge < -0.3 is 37.9 Å². The molecular formula is C29H60O8. The summed E-state index contributed by atoms with van der Waals surface area (Å²) in [6.07, 6.45) is 8.79. The fraction of sp³-hybridized carbons (Fsp3) is 1.00. The Morgan fingerprint density at radius 1 is 0.297 bits per heavy atom. The Morgan fingerprint density at radius 2 is 0.514 bits per heavy atom. The number of hydrogen-bond donors (Lipinski definition) is 0. The summed E-state index contributed by atoms with van der Waals surface area (Å²) in [7, 11) is 0. The van der Waals surface area contributed by atoms with Crippen LogP contribution >= 0.6 is 0 Å². The van der Waals surface area contributed by atoms with E-state index in [2.05, 4.69) is 27.7 Å². The standard InChI is InChI=1S/C29H60O8/c1-5-9-13-30-17-21-34-25-29(26-35-22-18-31-14-10-6-2,27-36-23-19-32-15-11-7-3)28-37-24-20-33-16-12-8-4/h5-28H2,1-4H3. The molecule has 0 aliphatic carbocycles. The number of rotatable bonds is 32. The molecule has 0 unspecified atom stereocenters. The van der Waals surface area contributed by atoms with Crippen LogP contribution in [-0.2, 0) is 37.9 Å². The van der Waals surface area contributed by atoms with Crippen LogP contribution in [-0.4, -0.2) is 106 Å². The van der Waals surface area contributed by atoms with Gasteiger partial charge in [-0.15, -0.1) is 0 Å². The van der Waals surface area contributed by atoms with Crippen molar-refractivity contribution in [2.45, 2.75) is 79.1 Å². The minimum Gasteiger partial charge on any atom is -0.379 e. The molecule has 0 fully saturated rings. The zero-order valence-electron chi connectivity index (χ0n) is 24.7. The summed E-state index contributed by atoms with van der Waals surface area (Å²) in [4.78, 5) is 0. The highest BCUT2D eigenvalue weighted by molar-refractivity contribution is 4.79. The van der Waals surface area contributed by atoms with Crippen LogP contribution in [0, 0.1) is 5.41 Å². The zero-order chi connectivity index (χ0) is 27.1. The van der Waals surface area contributed by atoms with E-state index in [0.717, 1.165) is 77.8 Å². The van der Waals surface area contributed by atoms with E-state index in [-0.39, 0.29) is 0 Å². The molecule has 0 aromatic heterocycles.